The molecule has 0 fully saturated rings. The fourth-order valence-electron chi connectivity index (χ4n) is 6.53. The number of carbonyl (C=O) groups is 3. The molecule has 3 rings (SSSR count). The van der Waals surface area contributed by atoms with Gasteiger partial charge in [-0.05, 0) is 20.8 Å². The van der Waals surface area contributed by atoms with Crippen molar-refractivity contribution in [1.29, 1.82) is 0 Å². The van der Waals surface area contributed by atoms with Crippen molar-refractivity contribution in [2.75, 3.05) is 137 Å². The molecule has 0 aliphatic heterocycles. The van der Waals surface area contributed by atoms with Gasteiger partial charge < -0.3 is 44.4 Å². The first kappa shape index (κ1) is 49.7. The summed E-state index contributed by atoms with van der Waals surface area (Å²) in [6, 6.07) is 4.30. The van der Waals surface area contributed by atoms with Crippen LogP contribution in [0.2, 0.25) is 0 Å². The molecule has 3 heterocycles. The van der Waals surface area contributed by atoms with Crippen LogP contribution in [-0.2, 0) is 0 Å². The van der Waals surface area contributed by atoms with E-state index in [1.54, 1.807) is 20.8 Å². The number of carbonyl (C=O) groups excluding carboxylic acids is 3. The molecule has 9 N–H and O–H groups in total. The predicted octanol–water partition coefficient (Wildman–Crippen LogP) is 0.933. The minimum Gasteiger partial charge on any atom is -0.345 e. The number of hydrogen-bond acceptors (Lipinski definition) is 9. The zero-order valence-corrected chi connectivity index (χ0v) is 37.5. The fraction of sp³-hybridized carbons (Fsp3) is 0.600. The van der Waals surface area contributed by atoms with Crippen molar-refractivity contribution >= 4 is 35.8 Å². The Kier molecular flexibility index (Phi) is 19.1. The molecular formula is C40H70N15O6+3. The molecule has 21 nitrogen and oxygen atoms in total. The molecule has 0 unspecified atom stereocenters. The lowest BCUT2D eigenvalue weighted by molar-refractivity contribution is -0.895. The Morgan fingerprint density at radius 1 is 0.525 bits per heavy atom. The summed E-state index contributed by atoms with van der Waals surface area (Å²) in [7, 11) is 13.2. The van der Waals surface area contributed by atoms with Gasteiger partial charge in [0.25, 0.3) is 11.1 Å². The molecule has 21 heteroatoms. The lowest BCUT2D eigenvalue weighted by Crippen LogP contribution is -2.53. The van der Waals surface area contributed by atoms with Crippen molar-refractivity contribution < 1.29 is 27.8 Å². The number of nitrogens with one attached hydrogen (secondary N) is 9. The third kappa shape index (κ3) is 20.9. The first-order valence-corrected chi connectivity index (χ1v) is 20.8. The van der Waals surface area contributed by atoms with Crippen molar-refractivity contribution in [2.45, 2.75) is 40.0 Å². The highest BCUT2D eigenvalue weighted by Gasteiger charge is 2.24. The summed E-state index contributed by atoms with van der Waals surface area (Å²) in [6.45, 7) is 14.4. The van der Waals surface area contributed by atoms with E-state index < -0.39 is 23.2 Å². The molecule has 0 aliphatic rings. The van der Waals surface area contributed by atoms with Crippen LogP contribution >= 0.6 is 0 Å². The summed E-state index contributed by atoms with van der Waals surface area (Å²) in [5, 5.41) is 16.4. The van der Waals surface area contributed by atoms with Crippen LogP contribution in [-0.4, -0.2) is 182 Å². The highest BCUT2D eigenvalue weighted by atomic mass is 16.2. The Balaban J connectivity index is 1.49. The molecule has 0 atom stereocenters. The Morgan fingerprint density at radius 3 is 1.25 bits per heavy atom. The molecule has 0 saturated carbocycles. The van der Waals surface area contributed by atoms with Gasteiger partial charge in [-0.2, -0.15) is 9.97 Å². The molecule has 338 valence electrons. The standard InChI is InChI=1S/C40H67N15O6/c1-29-25-32(56)28-33(44-29)47-38(59)41-13-10-19-53(4,5)22-16-52(17-23-54(6,7)20-11-14-42-39(60)50-36-45-30(2)26-34(57)48-36)18-24-55(8,9)21-12-15-43-40(61)51-37-46-31(3)27-35(58)49-37/h25-28H,10-24H2,1-9H3,(H6-3,41,42,43,44,45,46,47,48,49,50,51,56,57,58,59,60,61)/p+3. The predicted molar refractivity (Wildman–Crippen MR) is 238 cm³/mol. The molecule has 6 amide bonds. The highest BCUT2D eigenvalue weighted by molar-refractivity contribution is 5.88. The average molecular weight is 857 g/mol. The summed E-state index contributed by atoms with van der Waals surface area (Å²) in [6.07, 6.45) is 2.29. The molecule has 61 heavy (non-hydrogen) atoms. The summed E-state index contributed by atoms with van der Waals surface area (Å²) in [5.41, 5.74) is 0.852. The van der Waals surface area contributed by atoms with Crippen molar-refractivity contribution in [2.24, 2.45) is 0 Å². The van der Waals surface area contributed by atoms with Crippen LogP contribution in [0.5, 0.6) is 0 Å². The number of quaternary nitrogens is 3. The van der Waals surface area contributed by atoms with Crippen molar-refractivity contribution in [3.05, 3.63) is 72.3 Å². The van der Waals surface area contributed by atoms with Gasteiger partial charge in [0.1, 0.15) is 5.82 Å². The number of hydrogen-bond donors (Lipinski definition) is 9. The number of amides is 6. The van der Waals surface area contributed by atoms with E-state index in [2.05, 4.69) is 104 Å². The van der Waals surface area contributed by atoms with Gasteiger partial charge in [-0.15, -0.1) is 0 Å². The Bertz CT molecular complexity index is 1850. The lowest BCUT2D eigenvalue weighted by Gasteiger charge is -2.37. The SMILES string of the molecule is Cc1cc(=O)cc(NC(=O)NCCC[N+](C)(C)CCN(CC[N+](C)(C)CCCNC(=O)Nc2nc(=O)cc(C)[nH]2)CC[N+](C)(C)CCCNC(=O)Nc2nc(=O)cc(C)[nH]2)[nH]1. The summed E-state index contributed by atoms with van der Waals surface area (Å²) < 4.78 is 2.28. The number of aromatic nitrogens is 5. The van der Waals surface area contributed by atoms with Gasteiger partial charge in [0.05, 0.1) is 81.6 Å². The maximum absolute atomic E-state index is 12.5. The maximum Gasteiger partial charge on any atom is 0.321 e. The monoisotopic (exact) mass is 857 g/mol. The molecular weight excluding hydrogens is 787 g/mol. The Labute approximate surface area is 357 Å². The Hall–Kier alpha value is -5.64. The molecule has 0 bridgehead atoms. The number of rotatable bonds is 24. The van der Waals surface area contributed by atoms with Crippen molar-refractivity contribution in [3.8, 4) is 0 Å². The summed E-state index contributed by atoms with van der Waals surface area (Å²) >= 11 is 0. The molecule has 0 spiro atoms. The normalized spacial score (nSPS) is 11.9. The minimum absolute atomic E-state index is 0.107. The second-order valence-corrected chi connectivity index (χ2v) is 17.6. The molecule has 0 radical (unpaired) electrons. The van der Waals surface area contributed by atoms with Crippen molar-refractivity contribution in [3.63, 3.8) is 0 Å². The third-order valence-corrected chi connectivity index (χ3v) is 10.2. The van der Waals surface area contributed by atoms with E-state index >= 15 is 0 Å². The maximum atomic E-state index is 12.5. The topological polar surface area (TPSA) is 251 Å². The van der Waals surface area contributed by atoms with E-state index in [4.69, 9.17) is 0 Å². The first-order valence-electron chi connectivity index (χ1n) is 20.8. The smallest absolute Gasteiger partial charge is 0.321 e. The number of aromatic amines is 3. The van der Waals surface area contributed by atoms with Crippen LogP contribution in [0, 0.1) is 20.8 Å². The van der Waals surface area contributed by atoms with Crippen LogP contribution in [0.4, 0.5) is 32.1 Å². The van der Waals surface area contributed by atoms with Gasteiger partial charge in [-0.3, -0.25) is 35.2 Å². The third-order valence-electron chi connectivity index (χ3n) is 10.2. The van der Waals surface area contributed by atoms with E-state index in [1.807, 2.05) is 0 Å². The Morgan fingerprint density at radius 2 is 0.885 bits per heavy atom. The lowest BCUT2D eigenvalue weighted by atomic mass is 10.3. The number of nitrogens with zero attached hydrogens (tertiary/aromatic N) is 6. The molecule has 0 saturated heterocycles. The van der Waals surface area contributed by atoms with Gasteiger partial charge in [-0.25, -0.2) is 14.4 Å². The summed E-state index contributed by atoms with van der Waals surface area (Å²) in [5.74, 6) is 0.568. The molecule has 0 aromatic carbocycles. The van der Waals surface area contributed by atoms with Gasteiger partial charge >= 0.3 is 18.1 Å². The number of urea groups is 3. The largest absolute Gasteiger partial charge is 0.345 e. The van der Waals surface area contributed by atoms with Crippen LogP contribution in [0.3, 0.4) is 0 Å². The quantitative estimate of drug-likeness (QED) is 0.0459. The van der Waals surface area contributed by atoms with Crippen molar-refractivity contribution in [1.82, 2.24) is 45.8 Å². The van der Waals surface area contributed by atoms with E-state index in [0.717, 1.165) is 91.6 Å². The van der Waals surface area contributed by atoms with E-state index in [0.29, 0.717) is 42.5 Å². The van der Waals surface area contributed by atoms with Crippen LogP contribution in [0.15, 0.2) is 38.6 Å². The van der Waals surface area contributed by atoms with E-state index in [-0.39, 0.29) is 23.4 Å². The average Bonchev–Trinajstić information content (AvgIpc) is 3.12. The van der Waals surface area contributed by atoms with E-state index in [9.17, 15) is 28.8 Å². The van der Waals surface area contributed by atoms with Gasteiger partial charge in [0, 0.05) is 99.9 Å². The minimum atomic E-state index is -0.429. The number of anilines is 3. The zero-order chi connectivity index (χ0) is 45.2. The number of likely N-dealkylation sites (N-methyl/N-ethyl adjacent to an activating group) is 3. The zero-order valence-electron chi connectivity index (χ0n) is 37.5. The molecule has 3 aromatic heterocycles. The molecule has 0 aliphatic carbocycles. The van der Waals surface area contributed by atoms with Gasteiger partial charge in [0.2, 0.25) is 11.9 Å². The van der Waals surface area contributed by atoms with Crippen LogP contribution in [0.1, 0.15) is 36.3 Å². The van der Waals surface area contributed by atoms with E-state index in [1.165, 1.54) is 24.3 Å². The van der Waals surface area contributed by atoms with Gasteiger partial charge in [0.15, 0.2) is 5.43 Å². The fourth-order valence-corrected chi connectivity index (χ4v) is 6.53. The van der Waals surface area contributed by atoms with Crippen LogP contribution < -0.4 is 48.4 Å². The summed E-state index contributed by atoms with van der Waals surface area (Å²) in [4.78, 5) is 91.2. The second kappa shape index (κ2) is 23.4. The molecule has 3 aromatic rings. The second-order valence-electron chi connectivity index (χ2n) is 17.6. The first-order chi connectivity index (χ1) is 28.6. The number of aryl methyl sites for hydroxylation is 3. The highest BCUT2D eigenvalue weighted by Crippen LogP contribution is 2.08. The number of pyridine rings is 1. The van der Waals surface area contributed by atoms with Gasteiger partial charge in [-0.1, -0.05) is 0 Å². The van der Waals surface area contributed by atoms with Crippen LogP contribution in [0.25, 0.3) is 0 Å². The number of H-pyrrole nitrogens is 3.